The van der Waals surface area contributed by atoms with Crippen LogP contribution in [0.5, 0.6) is 0 Å². The fraction of sp³-hybridized carbons (Fsp3) is 0.875. The number of Topliss-reactive ketones (excluding diaryl/α,β-unsaturated/α-hetero) is 1. The summed E-state index contributed by atoms with van der Waals surface area (Å²) < 4.78 is 0. The van der Waals surface area contributed by atoms with Crippen LogP contribution in [0.2, 0.25) is 0 Å². The Kier molecular flexibility index (Phi) is 1.89. The molecule has 0 aliphatic heterocycles. The first kappa shape index (κ1) is 6.79. The summed E-state index contributed by atoms with van der Waals surface area (Å²) >= 11 is 0. The van der Waals surface area contributed by atoms with E-state index >= 15 is 0 Å². The molecule has 1 nitrogen and oxygen atoms in total. The number of ketones is 1. The summed E-state index contributed by atoms with van der Waals surface area (Å²) in [4.78, 5) is 10.8. The van der Waals surface area contributed by atoms with Crippen molar-refractivity contribution in [2.24, 2.45) is 11.8 Å². The summed E-state index contributed by atoms with van der Waals surface area (Å²) in [5.74, 6) is 1.42. The Bertz CT molecular complexity index is 114. The van der Waals surface area contributed by atoms with Gasteiger partial charge in [0.15, 0.2) is 0 Å². The zero-order chi connectivity index (χ0) is 6.85. The molecule has 0 amide bonds. The number of carbonyl (C=O) groups is 1. The molecule has 1 rings (SSSR count). The van der Waals surface area contributed by atoms with Gasteiger partial charge in [-0.3, -0.25) is 4.79 Å². The number of hydrogen-bond donors (Lipinski definition) is 0. The Morgan fingerprint density at radius 2 is 2.11 bits per heavy atom. The molecule has 1 heteroatoms. The SMILES string of the molecule is CC(=O)C(C)C1CCC1. The molecule has 0 radical (unpaired) electrons. The van der Waals surface area contributed by atoms with Crippen molar-refractivity contribution in [3.05, 3.63) is 0 Å². The van der Waals surface area contributed by atoms with Crippen molar-refractivity contribution in [1.82, 2.24) is 0 Å². The van der Waals surface area contributed by atoms with Gasteiger partial charge in [0.1, 0.15) is 5.78 Å². The van der Waals surface area contributed by atoms with Crippen molar-refractivity contribution in [1.29, 1.82) is 0 Å². The number of hydrogen-bond acceptors (Lipinski definition) is 1. The molecule has 0 spiro atoms. The van der Waals surface area contributed by atoms with Crippen molar-refractivity contribution >= 4 is 5.78 Å². The molecule has 1 aliphatic carbocycles. The summed E-state index contributed by atoms with van der Waals surface area (Å²) in [5, 5.41) is 0. The van der Waals surface area contributed by atoms with E-state index in [0.29, 0.717) is 11.7 Å². The van der Waals surface area contributed by atoms with E-state index in [1.807, 2.05) is 6.92 Å². The fourth-order valence-corrected chi connectivity index (χ4v) is 1.27. The lowest BCUT2D eigenvalue weighted by molar-refractivity contribution is -0.122. The van der Waals surface area contributed by atoms with Gasteiger partial charge in [0.05, 0.1) is 0 Å². The smallest absolute Gasteiger partial charge is 0.132 e. The van der Waals surface area contributed by atoms with Crippen LogP contribution in [-0.2, 0) is 4.79 Å². The van der Waals surface area contributed by atoms with E-state index in [4.69, 9.17) is 0 Å². The molecular weight excluding hydrogens is 112 g/mol. The Morgan fingerprint density at radius 1 is 1.56 bits per heavy atom. The van der Waals surface area contributed by atoms with Crippen molar-refractivity contribution in [3.8, 4) is 0 Å². The van der Waals surface area contributed by atoms with Gasteiger partial charge >= 0.3 is 0 Å². The molecule has 0 aromatic heterocycles. The molecule has 0 bridgehead atoms. The average Bonchev–Trinajstić information content (AvgIpc) is 1.60. The largest absolute Gasteiger partial charge is 0.300 e. The highest BCUT2D eigenvalue weighted by molar-refractivity contribution is 5.78. The van der Waals surface area contributed by atoms with E-state index in [1.54, 1.807) is 6.92 Å². The third-order valence-corrected chi connectivity index (χ3v) is 2.50. The predicted octanol–water partition coefficient (Wildman–Crippen LogP) is 2.01. The molecule has 0 aromatic carbocycles. The monoisotopic (exact) mass is 126 g/mol. The van der Waals surface area contributed by atoms with Crippen LogP contribution in [-0.4, -0.2) is 5.78 Å². The van der Waals surface area contributed by atoms with Crippen LogP contribution in [0.15, 0.2) is 0 Å². The lowest BCUT2D eigenvalue weighted by Gasteiger charge is -2.29. The minimum absolute atomic E-state index is 0.332. The van der Waals surface area contributed by atoms with E-state index in [2.05, 4.69) is 0 Å². The van der Waals surface area contributed by atoms with Crippen LogP contribution in [0.3, 0.4) is 0 Å². The summed E-state index contributed by atoms with van der Waals surface area (Å²) in [6, 6.07) is 0. The molecule has 0 N–H and O–H groups in total. The number of rotatable bonds is 2. The van der Waals surface area contributed by atoms with Crippen molar-refractivity contribution in [2.45, 2.75) is 33.1 Å². The Hall–Kier alpha value is -0.330. The van der Waals surface area contributed by atoms with Crippen LogP contribution >= 0.6 is 0 Å². The van der Waals surface area contributed by atoms with Gasteiger partial charge in [-0.2, -0.15) is 0 Å². The van der Waals surface area contributed by atoms with Gasteiger partial charge in [0.25, 0.3) is 0 Å². The van der Waals surface area contributed by atoms with Gasteiger partial charge in [-0.1, -0.05) is 13.3 Å². The summed E-state index contributed by atoms with van der Waals surface area (Å²) in [7, 11) is 0. The van der Waals surface area contributed by atoms with Gasteiger partial charge in [0, 0.05) is 5.92 Å². The fourth-order valence-electron chi connectivity index (χ4n) is 1.27. The quantitative estimate of drug-likeness (QED) is 0.553. The van der Waals surface area contributed by atoms with E-state index in [1.165, 1.54) is 19.3 Å². The standard InChI is InChI=1S/C8H14O/c1-6(7(2)9)8-4-3-5-8/h6,8H,3-5H2,1-2H3. The van der Waals surface area contributed by atoms with Crippen molar-refractivity contribution in [2.75, 3.05) is 0 Å². The molecule has 0 saturated heterocycles. The molecule has 9 heavy (non-hydrogen) atoms. The third kappa shape index (κ3) is 1.32. The maximum absolute atomic E-state index is 10.8. The normalized spacial score (nSPS) is 22.9. The topological polar surface area (TPSA) is 17.1 Å². The van der Waals surface area contributed by atoms with E-state index in [0.717, 1.165) is 5.92 Å². The van der Waals surface area contributed by atoms with Crippen LogP contribution in [0.1, 0.15) is 33.1 Å². The van der Waals surface area contributed by atoms with Crippen molar-refractivity contribution < 1.29 is 4.79 Å². The Balaban J connectivity index is 2.32. The second-order valence-corrected chi connectivity index (χ2v) is 3.09. The Morgan fingerprint density at radius 3 is 2.22 bits per heavy atom. The first-order chi connectivity index (χ1) is 4.22. The molecule has 0 heterocycles. The highest BCUT2D eigenvalue weighted by atomic mass is 16.1. The van der Waals surface area contributed by atoms with Crippen LogP contribution in [0.4, 0.5) is 0 Å². The lowest BCUT2D eigenvalue weighted by atomic mass is 9.75. The highest BCUT2D eigenvalue weighted by Crippen LogP contribution is 2.33. The summed E-state index contributed by atoms with van der Waals surface area (Å²) in [6.07, 6.45) is 3.89. The zero-order valence-corrected chi connectivity index (χ0v) is 6.18. The molecule has 1 unspecified atom stereocenters. The van der Waals surface area contributed by atoms with Gasteiger partial charge in [-0.25, -0.2) is 0 Å². The minimum Gasteiger partial charge on any atom is -0.300 e. The van der Waals surface area contributed by atoms with Crippen LogP contribution in [0.25, 0.3) is 0 Å². The predicted molar refractivity (Wildman–Crippen MR) is 37.2 cm³/mol. The van der Waals surface area contributed by atoms with E-state index < -0.39 is 0 Å². The molecule has 52 valence electrons. The van der Waals surface area contributed by atoms with Gasteiger partial charge in [-0.15, -0.1) is 0 Å². The Labute approximate surface area is 56.4 Å². The lowest BCUT2D eigenvalue weighted by Crippen LogP contribution is -2.24. The summed E-state index contributed by atoms with van der Waals surface area (Å²) in [6.45, 7) is 3.75. The molecule has 1 aliphatic rings. The zero-order valence-electron chi connectivity index (χ0n) is 6.18. The minimum atomic E-state index is 0.332. The van der Waals surface area contributed by atoms with Crippen LogP contribution < -0.4 is 0 Å². The first-order valence-electron chi connectivity index (χ1n) is 3.72. The molecule has 1 fully saturated rings. The maximum Gasteiger partial charge on any atom is 0.132 e. The first-order valence-corrected chi connectivity index (χ1v) is 3.72. The highest BCUT2D eigenvalue weighted by Gasteiger charge is 2.26. The summed E-state index contributed by atoms with van der Waals surface area (Å²) in [5.41, 5.74) is 0. The van der Waals surface area contributed by atoms with Gasteiger partial charge < -0.3 is 0 Å². The van der Waals surface area contributed by atoms with E-state index in [9.17, 15) is 4.79 Å². The van der Waals surface area contributed by atoms with Gasteiger partial charge in [0.2, 0.25) is 0 Å². The number of carbonyl (C=O) groups excluding carboxylic acids is 1. The molecule has 1 saturated carbocycles. The van der Waals surface area contributed by atoms with Crippen LogP contribution in [0, 0.1) is 11.8 Å². The second kappa shape index (κ2) is 2.51. The molecule has 0 aromatic rings. The molecule has 1 atom stereocenters. The van der Waals surface area contributed by atoms with Gasteiger partial charge in [-0.05, 0) is 25.7 Å². The average molecular weight is 126 g/mol. The molecular formula is C8H14O. The maximum atomic E-state index is 10.8. The second-order valence-electron chi connectivity index (χ2n) is 3.09. The third-order valence-electron chi connectivity index (χ3n) is 2.50. The van der Waals surface area contributed by atoms with E-state index in [-0.39, 0.29) is 0 Å². The van der Waals surface area contributed by atoms with Crippen molar-refractivity contribution in [3.63, 3.8) is 0 Å².